The van der Waals surface area contributed by atoms with E-state index in [0.717, 1.165) is 11.1 Å². The van der Waals surface area contributed by atoms with Crippen LogP contribution in [0.2, 0.25) is 0 Å². The van der Waals surface area contributed by atoms with Crippen molar-refractivity contribution in [1.82, 2.24) is 10.1 Å². The molecule has 8 heteroatoms. The van der Waals surface area contributed by atoms with E-state index in [1.54, 1.807) is 6.20 Å². The van der Waals surface area contributed by atoms with Crippen LogP contribution in [0.5, 0.6) is 0 Å². The number of anilines is 1. The van der Waals surface area contributed by atoms with Gasteiger partial charge in [0.2, 0.25) is 11.8 Å². The first-order valence-corrected chi connectivity index (χ1v) is 11.6. The van der Waals surface area contributed by atoms with Crippen LogP contribution in [0.1, 0.15) is 39.2 Å². The number of aromatic nitrogens is 1. The summed E-state index contributed by atoms with van der Waals surface area (Å²) < 4.78 is 28.5. The van der Waals surface area contributed by atoms with Crippen LogP contribution in [0, 0.1) is 0 Å². The van der Waals surface area contributed by atoms with Crippen LogP contribution < -0.4 is 5.32 Å². The zero-order valence-corrected chi connectivity index (χ0v) is 18.3. The molecule has 2 heterocycles. The molecule has 0 spiro atoms. The van der Waals surface area contributed by atoms with E-state index >= 15 is 0 Å². The number of hydrogen-bond acceptors (Lipinski definition) is 6. The third-order valence-corrected chi connectivity index (χ3v) is 7.16. The van der Waals surface area contributed by atoms with Crippen molar-refractivity contribution in [1.29, 1.82) is 0 Å². The van der Waals surface area contributed by atoms with Crippen molar-refractivity contribution >= 4 is 21.6 Å². The topological polar surface area (TPSA) is 92.5 Å². The van der Waals surface area contributed by atoms with E-state index in [2.05, 4.69) is 43.4 Å². The van der Waals surface area contributed by atoms with Gasteiger partial charge in [0.1, 0.15) is 0 Å². The van der Waals surface area contributed by atoms with Gasteiger partial charge in [-0.05, 0) is 30.0 Å². The number of amides is 1. The number of nitrogens with zero attached hydrogens (tertiary/aromatic N) is 2. The first-order chi connectivity index (χ1) is 13.5. The Labute approximate surface area is 172 Å². The summed E-state index contributed by atoms with van der Waals surface area (Å²) in [6.45, 7) is 6.96. The van der Waals surface area contributed by atoms with Crippen molar-refractivity contribution < 1.29 is 17.7 Å². The predicted molar refractivity (Wildman–Crippen MR) is 114 cm³/mol. The second kappa shape index (κ2) is 8.28. The number of nitrogens with one attached hydrogen (secondary N) is 1. The van der Waals surface area contributed by atoms with Crippen molar-refractivity contribution in [2.45, 2.75) is 45.1 Å². The number of carbonyl (C=O) groups is 1. The van der Waals surface area contributed by atoms with Gasteiger partial charge < -0.3 is 9.42 Å². The second-order valence-corrected chi connectivity index (χ2v) is 11.0. The van der Waals surface area contributed by atoms with E-state index in [9.17, 15) is 13.2 Å². The van der Waals surface area contributed by atoms with Crippen LogP contribution in [0.4, 0.5) is 5.88 Å². The molecule has 1 N–H and O–H groups in total. The van der Waals surface area contributed by atoms with Gasteiger partial charge in [0, 0.05) is 19.0 Å². The average molecular weight is 420 g/mol. The molecule has 1 aliphatic rings. The maximum atomic E-state index is 12.4. The molecule has 2 aromatic rings. The van der Waals surface area contributed by atoms with Crippen LogP contribution >= 0.6 is 0 Å². The Morgan fingerprint density at radius 2 is 1.97 bits per heavy atom. The van der Waals surface area contributed by atoms with Gasteiger partial charge in [-0.2, -0.15) is 0 Å². The van der Waals surface area contributed by atoms with Gasteiger partial charge in [-0.25, -0.2) is 8.42 Å². The van der Waals surface area contributed by atoms with Crippen LogP contribution in [-0.2, 0) is 20.0 Å². The van der Waals surface area contributed by atoms with Gasteiger partial charge in [-0.15, -0.1) is 0 Å². The molecule has 1 aromatic carbocycles. The number of carbonyl (C=O) groups excluding carboxylic acids is 1. The summed E-state index contributed by atoms with van der Waals surface area (Å²) in [5, 5.41) is 6.61. The largest absolute Gasteiger partial charge is 0.338 e. The molecule has 0 bridgehead atoms. The van der Waals surface area contributed by atoms with Gasteiger partial charge in [0.25, 0.3) is 0 Å². The minimum Gasteiger partial charge on any atom is -0.338 e. The van der Waals surface area contributed by atoms with Crippen LogP contribution in [0.3, 0.4) is 0 Å². The third kappa shape index (κ3) is 5.45. The molecule has 1 atom stereocenters. The first kappa shape index (κ1) is 21.5. The average Bonchev–Trinajstić information content (AvgIpc) is 3.25. The second-order valence-electron chi connectivity index (χ2n) is 8.73. The van der Waals surface area contributed by atoms with E-state index in [-0.39, 0.29) is 35.3 Å². The maximum Gasteiger partial charge on any atom is 0.239 e. The van der Waals surface area contributed by atoms with Crippen molar-refractivity contribution in [2.24, 2.45) is 0 Å². The summed E-state index contributed by atoms with van der Waals surface area (Å²) in [5.41, 5.74) is 2.94. The molecular weight excluding hydrogens is 390 g/mol. The molecule has 0 aliphatic carbocycles. The highest BCUT2D eigenvalue weighted by molar-refractivity contribution is 7.91. The molecule has 29 heavy (non-hydrogen) atoms. The summed E-state index contributed by atoms with van der Waals surface area (Å²) in [7, 11) is -1.08. The molecule has 1 unspecified atom stereocenters. The lowest BCUT2D eigenvalue weighted by atomic mass is 9.86. The molecule has 7 nitrogen and oxygen atoms in total. The van der Waals surface area contributed by atoms with Crippen LogP contribution in [-0.4, -0.2) is 55.5 Å². The molecule has 3 rings (SSSR count). The first-order valence-electron chi connectivity index (χ1n) is 9.81. The molecule has 1 amide bonds. The Balaban J connectivity index is 1.59. The van der Waals surface area contributed by atoms with Crippen LogP contribution in [0.15, 0.2) is 35.0 Å². The van der Waals surface area contributed by atoms with Gasteiger partial charge in [-0.1, -0.05) is 50.2 Å². The zero-order valence-electron chi connectivity index (χ0n) is 17.4. The lowest BCUT2D eigenvalue weighted by Gasteiger charge is -2.22. The normalized spacial score (nSPS) is 18.9. The minimum absolute atomic E-state index is 0.0185. The standard InChI is InChI=1S/C21H29N3O4S/c1-21(2,3)16-7-5-15(6-8-16)18-13-22-28-20(18)23-19(25)9-11-24(4)17-10-12-29(26,27)14-17/h5-8,13,17H,9-12,14H2,1-4H3,(H,23,25). The summed E-state index contributed by atoms with van der Waals surface area (Å²) in [6, 6.07) is 8.11. The highest BCUT2D eigenvalue weighted by atomic mass is 32.2. The number of benzene rings is 1. The van der Waals surface area contributed by atoms with E-state index in [1.165, 1.54) is 5.56 Å². The maximum absolute atomic E-state index is 12.4. The highest BCUT2D eigenvalue weighted by Crippen LogP contribution is 2.30. The van der Waals surface area contributed by atoms with Crippen molar-refractivity contribution in [3.05, 3.63) is 36.0 Å². The molecule has 0 radical (unpaired) electrons. The Bertz CT molecular complexity index is 959. The van der Waals surface area contributed by atoms with Crippen LogP contribution in [0.25, 0.3) is 11.1 Å². The fourth-order valence-electron chi connectivity index (χ4n) is 3.46. The summed E-state index contributed by atoms with van der Waals surface area (Å²) in [5.74, 6) is 0.526. The molecule has 1 fully saturated rings. The van der Waals surface area contributed by atoms with E-state index in [4.69, 9.17) is 4.52 Å². The molecule has 158 valence electrons. The van der Waals surface area contributed by atoms with E-state index in [1.807, 2.05) is 24.1 Å². The van der Waals surface area contributed by atoms with Gasteiger partial charge in [0.15, 0.2) is 9.84 Å². The number of hydrogen-bond donors (Lipinski definition) is 1. The number of rotatable bonds is 6. The monoisotopic (exact) mass is 419 g/mol. The fraction of sp³-hybridized carbons (Fsp3) is 0.524. The molecule has 1 aromatic heterocycles. The van der Waals surface area contributed by atoms with Gasteiger partial charge in [0.05, 0.1) is 23.3 Å². The number of sulfone groups is 1. The third-order valence-electron chi connectivity index (χ3n) is 5.41. The van der Waals surface area contributed by atoms with Crippen molar-refractivity contribution in [3.63, 3.8) is 0 Å². The molecule has 1 aliphatic heterocycles. The minimum atomic E-state index is -2.93. The molecule has 1 saturated heterocycles. The predicted octanol–water partition coefficient (Wildman–Crippen LogP) is 3.09. The molecular formula is C21H29N3O4S. The lowest BCUT2D eigenvalue weighted by molar-refractivity contribution is -0.116. The van der Waals surface area contributed by atoms with Gasteiger partial charge >= 0.3 is 0 Å². The van der Waals surface area contributed by atoms with Crippen molar-refractivity contribution in [3.8, 4) is 11.1 Å². The fourth-order valence-corrected chi connectivity index (χ4v) is 5.26. The Morgan fingerprint density at radius 1 is 1.28 bits per heavy atom. The smallest absolute Gasteiger partial charge is 0.239 e. The van der Waals surface area contributed by atoms with E-state index < -0.39 is 9.84 Å². The summed E-state index contributed by atoms with van der Waals surface area (Å²) in [4.78, 5) is 14.3. The zero-order chi connectivity index (χ0) is 21.2. The Morgan fingerprint density at radius 3 is 2.55 bits per heavy atom. The lowest BCUT2D eigenvalue weighted by Crippen LogP contribution is -2.35. The van der Waals surface area contributed by atoms with E-state index in [0.29, 0.717) is 18.8 Å². The van der Waals surface area contributed by atoms with Gasteiger partial charge in [-0.3, -0.25) is 10.1 Å². The Hall–Kier alpha value is -2.19. The summed E-state index contributed by atoms with van der Waals surface area (Å²) >= 11 is 0. The van der Waals surface area contributed by atoms with Crippen molar-refractivity contribution in [2.75, 3.05) is 30.4 Å². The highest BCUT2D eigenvalue weighted by Gasteiger charge is 2.30. The Kier molecular flexibility index (Phi) is 6.14. The summed E-state index contributed by atoms with van der Waals surface area (Å²) in [6.07, 6.45) is 2.46. The SMILES string of the molecule is CN(CCC(=O)Nc1oncc1-c1ccc(C(C)(C)C)cc1)C1CCS(=O)(=O)C1. The molecule has 0 saturated carbocycles. The quantitative estimate of drug-likeness (QED) is 0.773.